The van der Waals surface area contributed by atoms with E-state index < -0.39 is 6.41 Å². The van der Waals surface area contributed by atoms with Gasteiger partial charge in [-0.1, -0.05) is 73.5 Å². The van der Waals surface area contributed by atoms with Gasteiger partial charge in [-0.3, -0.25) is 0 Å². The number of aromatic nitrogens is 6. The van der Waals surface area contributed by atoms with E-state index in [1.54, 1.807) is 6.92 Å². The topological polar surface area (TPSA) is 149 Å². The molecule has 2 aromatic carbocycles. The van der Waals surface area contributed by atoms with E-state index in [0.29, 0.717) is 48.7 Å². The first kappa shape index (κ1) is 29.7. The third kappa shape index (κ3) is 5.86. The number of aliphatic imine (C=N–C) groups is 1. The van der Waals surface area contributed by atoms with Crippen LogP contribution >= 0.6 is 0 Å². The lowest BCUT2D eigenvalue weighted by Gasteiger charge is -2.37. The van der Waals surface area contributed by atoms with Crippen LogP contribution in [0, 0.1) is 18.8 Å². The fraction of sp³-hybridized carbons (Fsp3) is 0.412. The van der Waals surface area contributed by atoms with E-state index in [4.69, 9.17) is 29.0 Å². The summed E-state index contributed by atoms with van der Waals surface area (Å²) in [6.45, 7) is 6.74. The normalized spacial score (nSPS) is 23.2. The van der Waals surface area contributed by atoms with Gasteiger partial charge in [-0.25, -0.2) is 25.3 Å². The van der Waals surface area contributed by atoms with Gasteiger partial charge in [0, 0.05) is 31.1 Å². The molecule has 2 fully saturated rings. The van der Waals surface area contributed by atoms with Crippen molar-refractivity contribution in [3.8, 4) is 22.6 Å². The number of ether oxygens (including phenoxy) is 1. The van der Waals surface area contributed by atoms with Gasteiger partial charge in [0.1, 0.15) is 11.2 Å². The smallest absolute Gasteiger partial charge is 0.280 e. The predicted octanol–water partition coefficient (Wildman–Crippen LogP) is 4.81. The molecular weight excluding hydrogens is 598 g/mol. The van der Waals surface area contributed by atoms with E-state index in [-0.39, 0.29) is 17.7 Å². The molecule has 8 rings (SSSR count). The van der Waals surface area contributed by atoms with Crippen LogP contribution in [-0.2, 0) is 16.1 Å². The summed E-state index contributed by atoms with van der Waals surface area (Å²) in [5.74, 6) is 3.56. The Kier molecular flexibility index (Phi) is 7.87. The molecule has 242 valence electrons. The number of aliphatic hydroxyl groups excluding tert-OH is 1. The lowest BCUT2D eigenvalue weighted by molar-refractivity contribution is -0.102. The van der Waals surface area contributed by atoms with Gasteiger partial charge in [0.2, 0.25) is 17.7 Å². The van der Waals surface area contributed by atoms with Gasteiger partial charge in [-0.15, -0.1) is 0 Å². The second-order valence-corrected chi connectivity index (χ2v) is 12.7. The maximum Gasteiger partial charge on any atom is 0.280 e. The lowest BCUT2D eigenvalue weighted by atomic mass is 9.83. The molecule has 13 nitrogen and oxygen atoms in total. The number of benzene rings is 2. The van der Waals surface area contributed by atoms with E-state index in [9.17, 15) is 5.11 Å². The van der Waals surface area contributed by atoms with Crippen molar-refractivity contribution in [3.63, 3.8) is 0 Å². The molecule has 2 aliphatic heterocycles. The zero-order valence-electron chi connectivity index (χ0n) is 26.4. The Bertz CT molecular complexity index is 1920. The number of imidazole rings is 1. The van der Waals surface area contributed by atoms with Gasteiger partial charge in [-0.2, -0.15) is 9.97 Å². The van der Waals surface area contributed by atoms with Crippen molar-refractivity contribution in [1.29, 1.82) is 0 Å². The molecule has 1 saturated heterocycles. The molecule has 0 unspecified atom stereocenters. The highest BCUT2D eigenvalue weighted by Crippen LogP contribution is 2.38. The molecule has 0 amide bonds. The fourth-order valence-corrected chi connectivity index (χ4v) is 6.89. The predicted molar refractivity (Wildman–Crippen MR) is 174 cm³/mol. The maximum atomic E-state index is 9.99. The van der Waals surface area contributed by atoms with Crippen molar-refractivity contribution in [1.82, 2.24) is 35.1 Å². The number of nitrogens with zero attached hydrogens (tertiary/aromatic N) is 8. The van der Waals surface area contributed by atoms with Crippen molar-refractivity contribution < 1.29 is 19.2 Å². The number of aryl methyl sites for hydroxylation is 1. The Balaban J connectivity index is 1.34. The molecule has 47 heavy (non-hydrogen) atoms. The molecule has 2 atom stereocenters. The van der Waals surface area contributed by atoms with Crippen molar-refractivity contribution in [2.75, 3.05) is 24.7 Å². The third-order valence-corrected chi connectivity index (χ3v) is 9.36. The maximum absolute atomic E-state index is 9.99. The number of hydrogen-bond donors (Lipinski definition) is 2. The largest absolute Gasteiger partial charge is 0.377 e. The van der Waals surface area contributed by atoms with Crippen molar-refractivity contribution in [2.24, 2.45) is 16.8 Å². The van der Waals surface area contributed by atoms with Crippen LogP contribution in [0.4, 0.5) is 5.95 Å². The minimum Gasteiger partial charge on any atom is -0.377 e. The zero-order valence-corrected chi connectivity index (χ0v) is 26.4. The highest BCUT2D eigenvalue weighted by atomic mass is 16.7. The highest BCUT2D eigenvalue weighted by molar-refractivity contribution is 5.99. The number of amidine groups is 1. The first-order valence-electron chi connectivity index (χ1n) is 16.3. The Labute approximate surface area is 271 Å². The van der Waals surface area contributed by atoms with E-state index in [0.717, 1.165) is 47.9 Å². The van der Waals surface area contributed by atoms with Crippen LogP contribution in [0.1, 0.15) is 55.9 Å². The quantitative estimate of drug-likeness (QED) is 0.254. The molecule has 0 spiro atoms. The van der Waals surface area contributed by atoms with E-state index >= 15 is 0 Å². The lowest BCUT2D eigenvalue weighted by Crippen LogP contribution is -2.41. The summed E-state index contributed by atoms with van der Waals surface area (Å²) in [4.78, 5) is 31.3. The summed E-state index contributed by atoms with van der Waals surface area (Å²) in [6, 6.07) is 18.4. The average Bonchev–Trinajstić information content (AvgIpc) is 3.84. The highest BCUT2D eigenvalue weighted by Gasteiger charge is 2.33. The number of anilines is 1. The minimum atomic E-state index is -1.35. The fourth-order valence-electron chi connectivity index (χ4n) is 6.89. The van der Waals surface area contributed by atoms with Gasteiger partial charge in [0.05, 0.1) is 19.3 Å². The Hall–Kier alpha value is -4.72. The van der Waals surface area contributed by atoms with Crippen LogP contribution in [0.3, 0.4) is 0 Å². The number of fused-ring (bicyclic) bond motifs is 1. The molecule has 1 aliphatic carbocycles. The van der Waals surface area contributed by atoms with Crippen molar-refractivity contribution in [3.05, 3.63) is 71.9 Å². The number of morpholine rings is 1. The molecule has 3 aliphatic rings. The summed E-state index contributed by atoms with van der Waals surface area (Å²) in [6.07, 6.45) is 3.39. The molecule has 1 saturated carbocycles. The van der Waals surface area contributed by atoms with Crippen LogP contribution in [0.2, 0.25) is 0 Å². The van der Waals surface area contributed by atoms with E-state index in [2.05, 4.69) is 61.3 Å². The summed E-state index contributed by atoms with van der Waals surface area (Å²) < 4.78 is 13.6. The second-order valence-electron chi connectivity index (χ2n) is 12.7. The summed E-state index contributed by atoms with van der Waals surface area (Å²) in [5.41, 5.74) is 7.53. The zero-order chi connectivity index (χ0) is 31.9. The minimum absolute atomic E-state index is 0.0167. The number of hydroxylamine groups is 1. The van der Waals surface area contributed by atoms with Crippen LogP contribution in [0.15, 0.2) is 64.1 Å². The number of aliphatic hydroxyl groups is 1. The molecule has 13 heteroatoms. The van der Waals surface area contributed by atoms with E-state index in [1.165, 1.54) is 18.4 Å². The van der Waals surface area contributed by atoms with Crippen LogP contribution in [0.25, 0.3) is 33.8 Å². The van der Waals surface area contributed by atoms with Crippen LogP contribution in [0.5, 0.6) is 0 Å². The van der Waals surface area contributed by atoms with Gasteiger partial charge in [-0.05, 0) is 36.3 Å². The average molecular weight is 636 g/mol. The first-order valence-corrected chi connectivity index (χ1v) is 16.3. The van der Waals surface area contributed by atoms with Crippen LogP contribution < -0.4 is 10.4 Å². The molecule has 2 N–H and O–H groups in total. The molecule has 3 aromatic heterocycles. The molecule has 5 heterocycles. The van der Waals surface area contributed by atoms with Crippen molar-refractivity contribution >= 4 is 22.9 Å². The monoisotopic (exact) mass is 635 g/mol. The van der Waals surface area contributed by atoms with Gasteiger partial charge >= 0.3 is 0 Å². The standard InChI is InChI=1S/C34H37N9O4/c1-20-11-13-22(14-12-20)18-43-28-27(24-9-6-10-25(17-24)29-35-21(2)46-40-29)36-31(32-39-34(44)47-41-32)37-30(28)38-33(43)42-15-16-45-19-26(42)23-7-4-3-5-8-23/h3-10,17,20,22,26,34,44H,11-16,18-19H2,1-2H3,(H,39,41)/t20?,22?,26-,34+/m0/s1. The molecule has 0 radical (unpaired) electrons. The summed E-state index contributed by atoms with van der Waals surface area (Å²) in [7, 11) is 0. The van der Waals surface area contributed by atoms with Gasteiger partial charge in [0.25, 0.3) is 6.41 Å². The Morgan fingerprint density at radius 2 is 1.77 bits per heavy atom. The molecule has 0 bridgehead atoms. The summed E-state index contributed by atoms with van der Waals surface area (Å²) in [5, 5.41) is 14.1. The number of hydrogen-bond acceptors (Lipinski definition) is 12. The third-order valence-electron chi connectivity index (χ3n) is 9.36. The van der Waals surface area contributed by atoms with Crippen molar-refractivity contribution in [2.45, 2.75) is 58.5 Å². The summed E-state index contributed by atoms with van der Waals surface area (Å²) >= 11 is 0. The van der Waals surface area contributed by atoms with Gasteiger partial charge in [0.15, 0.2) is 17.3 Å². The van der Waals surface area contributed by atoms with Crippen LogP contribution in [-0.4, -0.2) is 66.8 Å². The Morgan fingerprint density at radius 3 is 2.53 bits per heavy atom. The SMILES string of the molecule is Cc1nc(-c2cccc(-c3nc(C4=N[C@H](O)ON4)nc4nc(N5CCOC[C@H]5c5ccccc5)n(CC5CCC(C)CC5)c34)c2)no1. The number of rotatable bonds is 7. The molecular formula is C34H37N9O4. The Morgan fingerprint density at radius 1 is 0.936 bits per heavy atom. The molecule has 5 aromatic rings. The van der Waals surface area contributed by atoms with E-state index in [1.807, 2.05) is 30.3 Å². The first-order chi connectivity index (χ1) is 23.0. The van der Waals surface area contributed by atoms with Gasteiger partial charge < -0.3 is 23.8 Å². The second kappa shape index (κ2) is 12.5. The number of nitrogens with one attached hydrogen (secondary N) is 1.